The highest BCUT2D eigenvalue weighted by Crippen LogP contribution is 2.29. The zero-order valence-electron chi connectivity index (χ0n) is 15.7. The van der Waals surface area contributed by atoms with Crippen molar-refractivity contribution in [3.05, 3.63) is 42.2 Å². The topological polar surface area (TPSA) is 75.7 Å². The van der Waals surface area contributed by atoms with E-state index in [4.69, 9.17) is 9.47 Å². The fourth-order valence-electron chi connectivity index (χ4n) is 2.35. The second kappa shape index (κ2) is 9.62. The van der Waals surface area contributed by atoms with E-state index in [1.54, 1.807) is 44.7 Å². The van der Waals surface area contributed by atoms with Gasteiger partial charge in [0.15, 0.2) is 0 Å². The van der Waals surface area contributed by atoms with Gasteiger partial charge in [0.1, 0.15) is 17.2 Å². The molecule has 1 aromatic carbocycles. The molecule has 7 heteroatoms. The van der Waals surface area contributed by atoms with Crippen LogP contribution in [0, 0.1) is 0 Å². The number of ether oxygens (including phenoxy) is 2. The maximum absolute atomic E-state index is 12.4. The summed E-state index contributed by atoms with van der Waals surface area (Å²) in [5.41, 5.74) is 1.79. The molecular weight excluding hydrogens is 332 g/mol. The Morgan fingerprint density at radius 2 is 1.96 bits per heavy atom. The monoisotopic (exact) mass is 358 g/mol. The zero-order chi connectivity index (χ0) is 18.9. The number of carbonyl (C=O) groups is 1. The van der Waals surface area contributed by atoms with Crippen LogP contribution in [0.25, 0.3) is 0 Å². The van der Waals surface area contributed by atoms with Crippen LogP contribution < -0.4 is 20.1 Å². The number of benzene rings is 1. The number of anilines is 2. The van der Waals surface area contributed by atoms with Crippen LogP contribution in [0.2, 0.25) is 0 Å². The number of rotatable bonds is 9. The van der Waals surface area contributed by atoms with E-state index in [9.17, 15) is 4.79 Å². The standard InChI is InChI=1S/C19H26N4O3/c1-23(2)11-5-10-20-14-6-8-17(21-13-14)19(24)22-16-9-7-15(25-3)12-18(16)26-4/h6-9,12-13,20H,5,10-11H2,1-4H3,(H,22,24). The van der Waals surface area contributed by atoms with Crippen molar-refractivity contribution in [2.45, 2.75) is 6.42 Å². The van der Waals surface area contributed by atoms with Gasteiger partial charge in [-0.3, -0.25) is 4.79 Å². The van der Waals surface area contributed by atoms with Crippen molar-refractivity contribution < 1.29 is 14.3 Å². The van der Waals surface area contributed by atoms with E-state index in [2.05, 4.69) is 20.5 Å². The van der Waals surface area contributed by atoms with Crippen molar-refractivity contribution in [3.63, 3.8) is 0 Å². The summed E-state index contributed by atoms with van der Waals surface area (Å²) in [6, 6.07) is 8.74. The molecule has 26 heavy (non-hydrogen) atoms. The predicted molar refractivity (Wildman–Crippen MR) is 103 cm³/mol. The van der Waals surface area contributed by atoms with Crippen LogP contribution in [0.3, 0.4) is 0 Å². The second-order valence-electron chi connectivity index (χ2n) is 6.04. The molecule has 0 saturated carbocycles. The molecule has 0 radical (unpaired) electrons. The third-order valence-corrected chi connectivity index (χ3v) is 3.76. The summed E-state index contributed by atoms with van der Waals surface area (Å²) in [6.07, 6.45) is 2.70. The average molecular weight is 358 g/mol. The molecule has 2 rings (SSSR count). The minimum atomic E-state index is -0.298. The molecule has 0 aliphatic rings. The first-order valence-corrected chi connectivity index (χ1v) is 8.41. The maximum Gasteiger partial charge on any atom is 0.274 e. The van der Waals surface area contributed by atoms with Gasteiger partial charge in [-0.15, -0.1) is 0 Å². The molecule has 1 aromatic heterocycles. The molecule has 0 aliphatic carbocycles. The number of nitrogens with one attached hydrogen (secondary N) is 2. The normalized spacial score (nSPS) is 10.5. The molecule has 0 atom stereocenters. The fraction of sp³-hybridized carbons (Fsp3) is 0.368. The van der Waals surface area contributed by atoms with Crippen molar-refractivity contribution in [2.75, 3.05) is 52.0 Å². The van der Waals surface area contributed by atoms with E-state index in [-0.39, 0.29) is 5.91 Å². The van der Waals surface area contributed by atoms with E-state index < -0.39 is 0 Å². The summed E-state index contributed by atoms with van der Waals surface area (Å²) in [5, 5.41) is 6.10. The van der Waals surface area contributed by atoms with E-state index in [0.717, 1.165) is 25.2 Å². The Balaban J connectivity index is 1.95. The number of amides is 1. The lowest BCUT2D eigenvalue weighted by atomic mass is 10.2. The minimum absolute atomic E-state index is 0.298. The Hall–Kier alpha value is -2.80. The molecule has 2 N–H and O–H groups in total. The maximum atomic E-state index is 12.4. The van der Waals surface area contributed by atoms with Gasteiger partial charge in [0.05, 0.1) is 31.8 Å². The average Bonchev–Trinajstić information content (AvgIpc) is 2.65. The molecule has 7 nitrogen and oxygen atoms in total. The zero-order valence-corrected chi connectivity index (χ0v) is 15.7. The number of aromatic nitrogens is 1. The first kappa shape index (κ1) is 19.5. The molecule has 0 aliphatic heterocycles. The third-order valence-electron chi connectivity index (χ3n) is 3.76. The molecule has 0 spiro atoms. The second-order valence-corrected chi connectivity index (χ2v) is 6.04. The highest BCUT2D eigenvalue weighted by Gasteiger charge is 2.12. The minimum Gasteiger partial charge on any atom is -0.497 e. The predicted octanol–water partition coefficient (Wildman–Crippen LogP) is 2.71. The van der Waals surface area contributed by atoms with Gasteiger partial charge >= 0.3 is 0 Å². The molecule has 2 aromatic rings. The molecular formula is C19H26N4O3. The Labute approximate surface area is 154 Å². The Morgan fingerprint density at radius 1 is 1.15 bits per heavy atom. The highest BCUT2D eigenvalue weighted by atomic mass is 16.5. The van der Waals surface area contributed by atoms with Gasteiger partial charge in [0.25, 0.3) is 5.91 Å². The lowest BCUT2D eigenvalue weighted by molar-refractivity contribution is 0.102. The van der Waals surface area contributed by atoms with Crippen molar-refractivity contribution in [1.29, 1.82) is 0 Å². The molecule has 0 bridgehead atoms. The Bertz CT molecular complexity index is 717. The van der Waals surface area contributed by atoms with E-state index in [1.165, 1.54) is 0 Å². The summed E-state index contributed by atoms with van der Waals surface area (Å²) >= 11 is 0. The number of pyridine rings is 1. The summed E-state index contributed by atoms with van der Waals surface area (Å²) < 4.78 is 10.4. The van der Waals surface area contributed by atoms with Crippen LogP contribution in [-0.2, 0) is 0 Å². The van der Waals surface area contributed by atoms with Crippen molar-refractivity contribution in [3.8, 4) is 11.5 Å². The lowest BCUT2D eigenvalue weighted by Crippen LogP contribution is -2.17. The number of hydrogen-bond acceptors (Lipinski definition) is 6. The Kier molecular flexibility index (Phi) is 7.23. The summed E-state index contributed by atoms with van der Waals surface area (Å²) in [7, 11) is 7.21. The quantitative estimate of drug-likeness (QED) is 0.671. The highest BCUT2D eigenvalue weighted by molar-refractivity contribution is 6.03. The van der Waals surface area contributed by atoms with Crippen LogP contribution in [0.4, 0.5) is 11.4 Å². The SMILES string of the molecule is COc1ccc(NC(=O)c2ccc(NCCCN(C)C)cn2)c(OC)c1. The molecule has 0 saturated heterocycles. The number of methoxy groups -OCH3 is 2. The van der Waals surface area contributed by atoms with Gasteiger partial charge in [0, 0.05) is 12.6 Å². The molecule has 0 unspecified atom stereocenters. The van der Waals surface area contributed by atoms with Crippen LogP contribution in [0.1, 0.15) is 16.9 Å². The smallest absolute Gasteiger partial charge is 0.274 e. The number of carbonyl (C=O) groups excluding carboxylic acids is 1. The first-order valence-electron chi connectivity index (χ1n) is 8.41. The van der Waals surface area contributed by atoms with Gasteiger partial charge in [-0.2, -0.15) is 0 Å². The number of nitrogens with zero attached hydrogens (tertiary/aromatic N) is 2. The van der Waals surface area contributed by atoms with E-state index in [0.29, 0.717) is 22.9 Å². The molecule has 140 valence electrons. The molecule has 1 heterocycles. The summed E-state index contributed by atoms with van der Waals surface area (Å²) in [6.45, 7) is 1.87. The van der Waals surface area contributed by atoms with Gasteiger partial charge in [-0.25, -0.2) is 4.98 Å². The fourth-order valence-corrected chi connectivity index (χ4v) is 2.35. The summed E-state index contributed by atoms with van der Waals surface area (Å²) in [4.78, 5) is 18.8. The molecule has 1 amide bonds. The number of hydrogen-bond donors (Lipinski definition) is 2. The first-order chi connectivity index (χ1) is 12.5. The van der Waals surface area contributed by atoms with Gasteiger partial charge in [-0.1, -0.05) is 0 Å². The molecule has 0 fully saturated rings. The van der Waals surface area contributed by atoms with Crippen molar-refractivity contribution in [2.24, 2.45) is 0 Å². The lowest BCUT2D eigenvalue weighted by Gasteiger charge is -2.12. The van der Waals surface area contributed by atoms with Crippen LogP contribution in [0.15, 0.2) is 36.5 Å². The van der Waals surface area contributed by atoms with E-state index >= 15 is 0 Å². The van der Waals surface area contributed by atoms with Gasteiger partial charge in [-0.05, 0) is 51.3 Å². The van der Waals surface area contributed by atoms with Crippen LogP contribution >= 0.6 is 0 Å². The van der Waals surface area contributed by atoms with Crippen molar-refractivity contribution in [1.82, 2.24) is 9.88 Å². The van der Waals surface area contributed by atoms with Crippen molar-refractivity contribution >= 4 is 17.3 Å². The van der Waals surface area contributed by atoms with Crippen LogP contribution in [0.5, 0.6) is 11.5 Å². The van der Waals surface area contributed by atoms with Crippen LogP contribution in [-0.4, -0.2) is 57.2 Å². The van der Waals surface area contributed by atoms with Gasteiger partial charge in [0.2, 0.25) is 0 Å². The van der Waals surface area contributed by atoms with E-state index in [1.807, 2.05) is 20.2 Å². The Morgan fingerprint density at radius 3 is 2.58 bits per heavy atom. The third kappa shape index (κ3) is 5.63. The summed E-state index contributed by atoms with van der Waals surface area (Å²) in [5.74, 6) is 0.882. The van der Waals surface area contributed by atoms with Gasteiger partial charge < -0.3 is 25.0 Å². The largest absolute Gasteiger partial charge is 0.497 e.